The summed E-state index contributed by atoms with van der Waals surface area (Å²) in [6.45, 7) is 3.05. The van der Waals surface area contributed by atoms with Crippen molar-refractivity contribution in [3.8, 4) is 0 Å². The highest BCUT2D eigenvalue weighted by Crippen LogP contribution is 2.20. The number of nitrogens with zero attached hydrogens (tertiary/aromatic N) is 1. The van der Waals surface area contributed by atoms with Crippen molar-refractivity contribution in [3.05, 3.63) is 24.3 Å². The Morgan fingerprint density at radius 1 is 1.24 bits per heavy atom. The van der Waals surface area contributed by atoms with Crippen LogP contribution in [0.15, 0.2) is 24.3 Å². The van der Waals surface area contributed by atoms with Crippen LogP contribution in [0.3, 0.4) is 0 Å². The highest BCUT2D eigenvalue weighted by molar-refractivity contribution is 5.54. The van der Waals surface area contributed by atoms with Gasteiger partial charge < -0.3 is 15.0 Å². The van der Waals surface area contributed by atoms with Crippen molar-refractivity contribution in [3.63, 3.8) is 0 Å². The number of nitrogens with one attached hydrogen (secondary N) is 1. The summed E-state index contributed by atoms with van der Waals surface area (Å²) in [6.07, 6.45) is 3.16. The van der Waals surface area contributed by atoms with Crippen molar-refractivity contribution < 1.29 is 4.74 Å². The summed E-state index contributed by atoms with van der Waals surface area (Å²) in [7, 11) is 4.10. The lowest BCUT2D eigenvalue weighted by Gasteiger charge is -2.15. The van der Waals surface area contributed by atoms with Gasteiger partial charge in [0.2, 0.25) is 0 Å². The average molecular weight is 234 g/mol. The van der Waals surface area contributed by atoms with Crippen molar-refractivity contribution in [2.24, 2.45) is 0 Å². The molecule has 1 heterocycles. The molecule has 1 aliphatic heterocycles. The lowest BCUT2D eigenvalue weighted by Crippen LogP contribution is -2.19. The van der Waals surface area contributed by atoms with Crippen molar-refractivity contribution in [1.82, 2.24) is 0 Å². The van der Waals surface area contributed by atoms with E-state index < -0.39 is 0 Å². The first-order chi connectivity index (χ1) is 8.15. The fourth-order valence-corrected chi connectivity index (χ4v) is 2.14. The summed E-state index contributed by atoms with van der Waals surface area (Å²) in [4.78, 5) is 2.10. The van der Waals surface area contributed by atoms with Crippen LogP contribution in [0, 0.1) is 0 Å². The Bertz CT molecular complexity index is 348. The molecule has 1 aliphatic rings. The van der Waals surface area contributed by atoms with Crippen LogP contribution >= 0.6 is 0 Å². The summed E-state index contributed by atoms with van der Waals surface area (Å²) >= 11 is 0. The minimum Gasteiger partial charge on any atom is -0.382 e. The SMILES string of the molecule is CC1CCC(CNc2ccc(N(C)C)cc2)O1. The van der Waals surface area contributed by atoms with E-state index in [4.69, 9.17) is 4.74 Å². The van der Waals surface area contributed by atoms with Gasteiger partial charge in [0.1, 0.15) is 0 Å². The smallest absolute Gasteiger partial charge is 0.0751 e. The molecule has 2 atom stereocenters. The van der Waals surface area contributed by atoms with Gasteiger partial charge in [-0.15, -0.1) is 0 Å². The van der Waals surface area contributed by atoms with Crippen LogP contribution < -0.4 is 10.2 Å². The molecule has 1 aromatic rings. The normalized spacial score (nSPS) is 23.7. The first kappa shape index (κ1) is 12.2. The van der Waals surface area contributed by atoms with E-state index in [1.54, 1.807) is 0 Å². The molecule has 1 fully saturated rings. The molecular formula is C14H22N2O. The van der Waals surface area contributed by atoms with E-state index in [0.29, 0.717) is 12.2 Å². The summed E-state index contributed by atoms with van der Waals surface area (Å²) in [6, 6.07) is 8.49. The van der Waals surface area contributed by atoms with Crippen LogP contribution in [-0.4, -0.2) is 32.8 Å². The maximum Gasteiger partial charge on any atom is 0.0751 e. The molecule has 0 bridgehead atoms. The number of anilines is 2. The number of benzene rings is 1. The lowest BCUT2D eigenvalue weighted by atomic mass is 10.2. The first-order valence-corrected chi connectivity index (χ1v) is 6.32. The average Bonchev–Trinajstić information content (AvgIpc) is 2.73. The molecule has 1 saturated heterocycles. The summed E-state index contributed by atoms with van der Waals surface area (Å²) in [5.74, 6) is 0. The molecule has 2 rings (SSSR count). The number of ether oxygens (including phenoxy) is 1. The maximum atomic E-state index is 5.77. The molecule has 1 aromatic carbocycles. The van der Waals surface area contributed by atoms with Gasteiger partial charge in [-0.05, 0) is 44.0 Å². The van der Waals surface area contributed by atoms with Crippen LogP contribution in [-0.2, 0) is 4.74 Å². The van der Waals surface area contributed by atoms with Crippen LogP contribution in [0.1, 0.15) is 19.8 Å². The quantitative estimate of drug-likeness (QED) is 0.867. The fourth-order valence-electron chi connectivity index (χ4n) is 2.14. The third-order valence-electron chi connectivity index (χ3n) is 3.24. The van der Waals surface area contributed by atoms with E-state index in [1.165, 1.54) is 24.2 Å². The van der Waals surface area contributed by atoms with E-state index in [2.05, 4.69) is 55.5 Å². The summed E-state index contributed by atoms with van der Waals surface area (Å²) in [5, 5.41) is 3.43. The van der Waals surface area contributed by atoms with Crippen LogP contribution in [0.2, 0.25) is 0 Å². The second-order valence-corrected chi connectivity index (χ2v) is 4.97. The molecule has 0 aromatic heterocycles. The Labute approximate surface area is 104 Å². The molecule has 3 heteroatoms. The standard InChI is InChI=1S/C14H22N2O/c1-11-4-9-14(17-11)10-15-12-5-7-13(8-6-12)16(2)3/h5-8,11,14-15H,4,9-10H2,1-3H3. The number of hydrogen-bond acceptors (Lipinski definition) is 3. The predicted molar refractivity (Wildman–Crippen MR) is 72.8 cm³/mol. The Balaban J connectivity index is 1.83. The van der Waals surface area contributed by atoms with Crippen LogP contribution in [0.25, 0.3) is 0 Å². The van der Waals surface area contributed by atoms with Gasteiger partial charge in [-0.1, -0.05) is 0 Å². The maximum absolute atomic E-state index is 5.77. The Morgan fingerprint density at radius 3 is 2.47 bits per heavy atom. The second kappa shape index (κ2) is 5.41. The van der Waals surface area contributed by atoms with Crippen molar-refractivity contribution >= 4 is 11.4 Å². The highest BCUT2D eigenvalue weighted by atomic mass is 16.5. The van der Waals surface area contributed by atoms with Gasteiger partial charge in [-0.25, -0.2) is 0 Å². The molecular weight excluding hydrogens is 212 g/mol. The topological polar surface area (TPSA) is 24.5 Å². The summed E-state index contributed by atoms with van der Waals surface area (Å²) in [5.41, 5.74) is 2.39. The molecule has 0 amide bonds. The molecule has 94 valence electrons. The largest absolute Gasteiger partial charge is 0.382 e. The first-order valence-electron chi connectivity index (χ1n) is 6.32. The van der Waals surface area contributed by atoms with E-state index in [-0.39, 0.29) is 0 Å². The predicted octanol–water partition coefficient (Wildman–Crippen LogP) is 2.73. The highest BCUT2D eigenvalue weighted by Gasteiger charge is 2.21. The van der Waals surface area contributed by atoms with Gasteiger partial charge in [0.05, 0.1) is 12.2 Å². The minimum absolute atomic E-state index is 0.374. The van der Waals surface area contributed by atoms with E-state index >= 15 is 0 Å². The zero-order valence-corrected chi connectivity index (χ0v) is 10.9. The van der Waals surface area contributed by atoms with Gasteiger partial charge in [0.25, 0.3) is 0 Å². The van der Waals surface area contributed by atoms with Crippen molar-refractivity contribution in [2.45, 2.75) is 32.0 Å². The molecule has 3 nitrogen and oxygen atoms in total. The Kier molecular flexibility index (Phi) is 3.89. The molecule has 0 saturated carbocycles. The summed E-state index contributed by atoms with van der Waals surface area (Å²) < 4.78 is 5.77. The zero-order chi connectivity index (χ0) is 12.3. The van der Waals surface area contributed by atoms with Gasteiger partial charge in [0, 0.05) is 32.0 Å². The van der Waals surface area contributed by atoms with E-state index in [9.17, 15) is 0 Å². The molecule has 0 radical (unpaired) electrons. The van der Waals surface area contributed by atoms with Gasteiger partial charge >= 0.3 is 0 Å². The Hall–Kier alpha value is -1.22. The van der Waals surface area contributed by atoms with Crippen molar-refractivity contribution in [1.29, 1.82) is 0 Å². The fraction of sp³-hybridized carbons (Fsp3) is 0.571. The van der Waals surface area contributed by atoms with Crippen molar-refractivity contribution in [2.75, 3.05) is 30.9 Å². The molecule has 0 spiro atoms. The van der Waals surface area contributed by atoms with Crippen LogP contribution in [0.5, 0.6) is 0 Å². The molecule has 2 unspecified atom stereocenters. The minimum atomic E-state index is 0.374. The van der Waals surface area contributed by atoms with Crippen LogP contribution in [0.4, 0.5) is 11.4 Å². The molecule has 1 N–H and O–H groups in total. The Morgan fingerprint density at radius 2 is 1.94 bits per heavy atom. The molecule has 0 aliphatic carbocycles. The third kappa shape index (κ3) is 3.37. The van der Waals surface area contributed by atoms with Gasteiger partial charge in [0.15, 0.2) is 0 Å². The lowest BCUT2D eigenvalue weighted by molar-refractivity contribution is 0.0637. The zero-order valence-electron chi connectivity index (χ0n) is 10.9. The van der Waals surface area contributed by atoms with Gasteiger partial charge in [-0.2, -0.15) is 0 Å². The number of rotatable bonds is 4. The van der Waals surface area contributed by atoms with Gasteiger partial charge in [-0.3, -0.25) is 0 Å². The monoisotopic (exact) mass is 234 g/mol. The van der Waals surface area contributed by atoms with E-state index in [0.717, 1.165) is 6.54 Å². The third-order valence-corrected chi connectivity index (χ3v) is 3.24. The van der Waals surface area contributed by atoms with E-state index in [1.807, 2.05) is 0 Å². The second-order valence-electron chi connectivity index (χ2n) is 4.97. The number of hydrogen-bond donors (Lipinski definition) is 1. The molecule has 17 heavy (non-hydrogen) atoms.